The van der Waals surface area contributed by atoms with E-state index in [2.05, 4.69) is 234 Å². The highest BCUT2D eigenvalue weighted by molar-refractivity contribution is 7.27. The molecule has 9 heteroatoms. The lowest BCUT2D eigenvalue weighted by Crippen LogP contribution is -1.90. The molecule has 0 saturated carbocycles. The van der Waals surface area contributed by atoms with E-state index >= 15 is 0 Å². The summed E-state index contributed by atoms with van der Waals surface area (Å²) in [6.07, 6.45) is 6.62. The predicted octanol–water partition coefficient (Wildman–Crippen LogP) is 27.9. The van der Waals surface area contributed by atoms with E-state index in [-0.39, 0.29) is 0 Å². The molecule has 18 rings (SSSR count). The van der Waals surface area contributed by atoms with Gasteiger partial charge in [0, 0.05) is 77.2 Å². The molecule has 0 aliphatic heterocycles. The van der Waals surface area contributed by atoms with Crippen LogP contribution in [0.15, 0.2) is 250 Å². The molecule has 0 saturated heterocycles. The SMILES string of the molecule is CC(C)c1ccc2sc3c(-c4ccc(-c5nc6ccccc6o5)cc4)cc(C(C)C)cc3c2c1.CCCc1ccc2sc3c(-c4ccc(-c5nc6ccccc6o5)cc4)cc(CCC)cc3c2c1.CCc1ccc2sc3c(-c4ccc(-c5nc6ccccc6o5)cc4)cc(CC)cc3c2c1. The third-order valence-electron chi connectivity index (χ3n) is 19.4. The second kappa shape index (κ2) is 27.4. The van der Waals surface area contributed by atoms with Crippen LogP contribution in [0.3, 0.4) is 0 Å². The molecule has 0 fully saturated rings. The Balaban J connectivity index is 0.000000117. The normalized spacial score (nSPS) is 11.8. The van der Waals surface area contributed by atoms with Crippen LogP contribution in [0, 0.1) is 0 Å². The van der Waals surface area contributed by atoms with Crippen molar-refractivity contribution in [3.63, 3.8) is 0 Å². The first kappa shape index (κ1) is 64.4. The highest BCUT2D eigenvalue weighted by Crippen LogP contribution is 2.46. The minimum absolute atomic E-state index is 0.463. The fourth-order valence-electron chi connectivity index (χ4n) is 13.9. The molecule has 6 nitrogen and oxygen atoms in total. The number of para-hydroxylation sites is 6. The molecular weight excluding hydrogens is 1280 g/mol. The second-order valence-electron chi connectivity index (χ2n) is 26.9. The van der Waals surface area contributed by atoms with Gasteiger partial charge in [-0.15, -0.1) is 34.0 Å². The molecule has 0 radical (unpaired) electrons. The lowest BCUT2D eigenvalue weighted by Gasteiger charge is -2.11. The Hall–Kier alpha value is -10.3. The number of benzene rings is 12. The molecule has 6 aromatic heterocycles. The van der Waals surface area contributed by atoms with Crippen molar-refractivity contribution in [2.45, 2.75) is 106 Å². The number of oxazole rings is 3. The van der Waals surface area contributed by atoms with Crippen LogP contribution >= 0.6 is 34.0 Å². The molecule has 0 amide bonds. The Bertz CT molecular complexity index is 5940. The summed E-state index contributed by atoms with van der Waals surface area (Å²) < 4.78 is 26.1. The topological polar surface area (TPSA) is 78.1 Å². The largest absolute Gasteiger partial charge is 0.436 e. The second-order valence-corrected chi connectivity index (χ2v) is 30.1. The molecule has 0 aliphatic rings. The van der Waals surface area contributed by atoms with Gasteiger partial charge in [0.05, 0.1) is 0 Å². The molecule has 492 valence electrons. The van der Waals surface area contributed by atoms with E-state index in [1.165, 1.54) is 134 Å². The van der Waals surface area contributed by atoms with E-state index in [9.17, 15) is 0 Å². The van der Waals surface area contributed by atoms with Crippen molar-refractivity contribution in [1.29, 1.82) is 0 Å². The number of aryl methyl sites for hydroxylation is 4. The van der Waals surface area contributed by atoms with E-state index in [1.54, 1.807) is 0 Å². The number of hydrogen-bond donors (Lipinski definition) is 0. The number of rotatable bonds is 14. The molecular formula is C91H77N3O3S3. The van der Waals surface area contributed by atoms with Crippen LogP contribution in [0.2, 0.25) is 0 Å². The van der Waals surface area contributed by atoms with Crippen molar-refractivity contribution in [2.75, 3.05) is 0 Å². The molecule has 0 spiro atoms. The van der Waals surface area contributed by atoms with Crippen LogP contribution in [0.5, 0.6) is 0 Å². The van der Waals surface area contributed by atoms with E-state index in [0.29, 0.717) is 29.5 Å². The first-order chi connectivity index (χ1) is 48.9. The number of thiophene rings is 3. The summed E-state index contributed by atoms with van der Waals surface area (Å²) in [7, 11) is 0. The van der Waals surface area contributed by atoms with Gasteiger partial charge in [0.25, 0.3) is 0 Å². The van der Waals surface area contributed by atoms with Crippen molar-refractivity contribution in [3.05, 3.63) is 270 Å². The van der Waals surface area contributed by atoms with Crippen molar-refractivity contribution in [3.8, 4) is 67.7 Å². The maximum Gasteiger partial charge on any atom is 0.227 e. The zero-order chi connectivity index (χ0) is 68.1. The van der Waals surface area contributed by atoms with Crippen LogP contribution in [0.25, 0.3) is 162 Å². The van der Waals surface area contributed by atoms with Gasteiger partial charge in [-0.25, -0.2) is 15.0 Å². The monoisotopic (exact) mass is 1360 g/mol. The standard InChI is InChI=1S/2C31H27NOS.C29H23NOS/c1-18(2)22-13-14-29-25(15-22)26-17-23(19(3)4)16-24(30(26)34-29)20-9-11-21(12-10-20)31-32-27-7-5-6-8-28(27)33-31;1-3-7-20-11-16-29-25(17-20)26-19-21(8-4-2)18-24(30(26)34-29)22-12-14-23(15-13-22)31-32-27-9-5-6-10-28(27)33-31;1-3-18-9-14-27-23(15-18)24-17-19(4-2)16-22(28(24)32-27)20-10-12-21(13-11-20)29-30-25-7-5-6-8-26(25)31-29/h5-19H,1-4H3;5-6,9-19H,3-4,7-8H2,1-2H3;5-17H,3-4H2,1-2H3. The van der Waals surface area contributed by atoms with E-state index in [1.807, 2.05) is 107 Å². The molecule has 0 unspecified atom stereocenters. The molecule has 0 aliphatic carbocycles. The van der Waals surface area contributed by atoms with Crippen molar-refractivity contribution >= 4 is 128 Å². The average Bonchev–Trinajstić information content (AvgIpc) is 1.60. The minimum Gasteiger partial charge on any atom is -0.436 e. The third-order valence-corrected chi connectivity index (χ3v) is 23.1. The zero-order valence-corrected chi connectivity index (χ0v) is 60.2. The maximum atomic E-state index is 5.98. The van der Waals surface area contributed by atoms with Crippen LogP contribution in [0.4, 0.5) is 0 Å². The first-order valence-electron chi connectivity index (χ1n) is 35.3. The number of nitrogens with zero attached hydrogens (tertiary/aromatic N) is 3. The lowest BCUT2D eigenvalue weighted by molar-refractivity contribution is 0.619. The zero-order valence-electron chi connectivity index (χ0n) is 57.7. The van der Waals surface area contributed by atoms with E-state index in [4.69, 9.17) is 13.3 Å². The average molecular weight is 1360 g/mol. The fourth-order valence-corrected chi connectivity index (χ4v) is 17.5. The van der Waals surface area contributed by atoms with Gasteiger partial charge in [-0.05, 0) is 250 Å². The fraction of sp³-hybridized carbons (Fsp3) is 0.176. The lowest BCUT2D eigenvalue weighted by atomic mass is 9.93. The predicted molar refractivity (Wildman–Crippen MR) is 428 cm³/mol. The van der Waals surface area contributed by atoms with Gasteiger partial charge in [-0.2, -0.15) is 0 Å². The smallest absolute Gasteiger partial charge is 0.227 e. The molecule has 100 heavy (non-hydrogen) atoms. The highest BCUT2D eigenvalue weighted by Gasteiger charge is 2.20. The number of hydrogen-bond acceptors (Lipinski definition) is 9. The van der Waals surface area contributed by atoms with E-state index in [0.717, 1.165) is 82.1 Å². The summed E-state index contributed by atoms with van der Waals surface area (Å²) in [5.74, 6) is 2.98. The summed E-state index contributed by atoms with van der Waals surface area (Å²) >= 11 is 5.70. The molecule has 18 aromatic rings. The van der Waals surface area contributed by atoms with Crippen LogP contribution in [0.1, 0.15) is 113 Å². The Morgan fingerprint density at radius 2 is 0.640 bits per heavy atom. The quantitative estimate of drug-likeness (QED) is 0.108. The summed E-state index contributed by atoms with van der Waals surface area (Å²) in [6, 6.07) is 84.9. The van der Waals surface area contributed by atoms with Gasteiger partial charge in [-0.1, -0.05) is 159 Å². The van der Waals surface area contributed by atoms with Gasteiger partial charge in [-0.3, -0.25) is 0 Å². The molecule has 0 atom stereocenters. The first-order valence-corrected chi connectivity index (χ1v) is 37.7. The molecule has 0 N–H and O–H groups in total. The van der Waals surface area contributed by atoms with Gasteiger partial charge < -0.3 is 13.3 Å². The van der Waals surface area contributed by atoms with Crippen LogP contribution in [-0.4, -0.2) is 15.0 Å². The van der Waals surface area contributed by atoms with Gasteiger partial charge in [0.2, 0.25) is 17.7 Å². The van der Waals surface area contributed by atoms with Crippen molar-refractivity contribution < 1.29 is 13.3 Å². The Kier molecular flexibility index (Phi) is 17.7. The number of aromatic nitrogens is 3. The maximum absolute atomic E-state index is 5.98. The molecule has 12 aromatic carbocycles. The highest BCUT2D eigenvalue weighted by atomic mass is 32.1. The summed E-state index contributed by atoms with van der Waals surface area (Å²) in [5, 5.41) is 8.28. The summed E-state index contributed by atoms with van der Waals surface area (Å²) in [6.45, 7) is 18.0. The minimum atomic E-state index is 0.463. The Morgan fingerprint density at radius 1 is 0.300 bits per heavy atom. The van der Waals surface area contributed by atoms with Gasteiger partial charge in [0.1, 0.15) is 16.6 Å². The van der Waals surface area contributed by atoms with E-state index < -0.39 is 0 Å². The van der Waals surface area contributed by atoms with Gasteiger partial charge >= 0.3 is 0 Å². The Labute approximate surface area is 595 Å². The third kappa shape index (κ3) is 12.5. The van der Waals surface area contributed by atoms with Crippen LogP contribution < -0.4 is 0 Å². The number of fused-ring (bicyclic) bond motifs is 12. The van der Waals surface area contributed by atoms with Gasteiger partial charge in [0.15, 0.2) is 16.7 Å². The van der Waals surface area contributed by atoms with Crippen molar-refractivity contribution in [2.24, 2.45) is 0 Å². The van der Waals surface area contributed by atoms with Crippen molar-refractivity contribution in [1.82, 2.24) is 15.0 Å². The summed E-state index contributed by atoms with van der Waals surface area (Å²) in [4.78, 5) is 14.0. The Morgan fingerprint density at radius 3 is 1.07 bits per heavy atom. The molecule has 6 heterocycles. The molecule has 0 bridgehead atoms. The van der Waals surface area contributed by atoms with Crippen LogP contribution in [-0.2, 0) is 25.7 Å². The summed E-state index contributed by atoms with van der Waals surface area (Å²) in [5.41, 5.74) is 24.1.